The second-order valence-electron chi connectivity index (χ2n) is 8.17. The van der Waals surface area contributed by atoms with E-state index >= 15 is 0 Å². The van der Waals surface area contributed by atoms with Crippen LogP contribution in [0.25, 0.3) is 11.1 Å². The zero-order valence-electron chi connectivity index (χ0n) is 17.9. The molecule has 0 saturated heterocycles. The fraction of sp³-hybridized carbons (Fsp3) is 0.375. The third-order valence-electron chi connectivity index (χ3n) is 4.82. The molecule has 2 amide bonds. The van der Waals surface area contributed by atoms with E-state index in [-0.39, 0.29) is 11.8 Å². The summed E-state index contributed by atoms with van der Waals surface area (Å²) in [4.78, 5) is 35.6. The molecule has 2 rings (SSSR count). The van der Waals surface area contributed by atoms with Crippen LogP contribution in [-0.4, -0.2) is 28.9 Å². The minimum atomic E-state index is -1.05. The molecule has 6 heteroatoms. The molecule has 0 radical (unpaired) electrons. The highest BCUT2D eigenvalue weighted by Crippen LogP contribution is 2.22. The molecule has 0 fully saturated rings. The van der Waals surface area contributed by atoms with E-state index in [1.54, 1.807) is 26.0 Å². The van der Waals surface area contributed by atoms with Crippen molar-refractivity contribution in [3.8, 4) is 11.1 Å². The second kappa shape index (κ2) is 10.6. The van der Waals surface area contributed by atoms with E-state index in [1.807, 2.05) is 36.4 Å². The Labute approximate surface area is 177 Å². The van der Waals surface area contributed by atoms with Gasteiger partial charge in [0.25, 0.3) is 5.91 Å². The van der Waals surface area contributed by atoms with Crippen LogP contribution >= 0.6 is 0 Å². The predicted molar refractivity (Wildman–Crippen MR) is 118 cm³/mol. The lowest BCUT2D eigenvalue weighted by molar-refractivity contribution is -0.140. The highest BCUT2D eigenvalue weighted by Gasteiger charge is 2.23. The molecule has 0 aromatic heterocycles. The van der Waals surface area contributed by atoms with Gasteiger partial charge in [0.2, 0.25) is 5.91 Å². The average Bonchev–Trinajstić information content (AvgIpc) is 2.70. The smallest absolute Gasteiger partial charge is 0.326 e. The minimum absolute atomic E-state index is 0.00729. The summed E-state index contributed by atoms with van der Waals surface area (Å²) in [7, 11) is 0. The Morgan fingerprint density at radius 1 is 0.867 bits per heavy atom. The van der Waals surface area contributed by atoms with E-state index in [4.69, 9.17) is 0 Å². The Bertz CT molecular complexity index is 871. The van der Waals surface area contributed by atoms with Gasteiger partial charge in [-0.05, 0) is 53.6 Å². The molecule has 3 N–H and O–H groups in total. The number of carbonyl (C=O) groups excluding carboxylic acids is 2. The molecule has 0 aliphatic heterocycles. The van der Waals surface area contributed by atoms with Crippen molar-refractivity contribution in [3.05, 3.63) is 54.1 Å². The van der Waals surface area contributed by atoms with Crippen molar-refractivity contribution in [1.82, 2.24) is 5.32 Å². The van der Waals surface area contributed by atoms with Gasteiger partial charge >= 0.3 is 5.97 Å². The molecule has 0 aliphatic carbocycles. The van der Waals surface area contributed by atoms with Crippen LogP contribution < -0.4 is 10.6 Å². The molecule has 0 saturated carbocycles. The van der Waals surface area contributed by atoms with Crippen LogP contribution in [0.1, 0.15) is 50.9 Å². The SMILES string of the molecule is CC(C)CCC(=O)Nc1ccc(-c2ccc(C(=O)N[C@H](C(=O)O)C(C)C)cc2)cc1. The van der Waals surface area contributed by atoms with Crippen LogP contribution in [-0.2, 0) is 9.59 Å². The first-order chi connectivity index (χ1) is 14.2. The summed E-state index contributed by atoms with van der Waals surface area (Å²) in [6.07, 6.45) is 1.36. The van der Waals surface area contributed by atoms with Crippen molar-refractivity contribution in [3.63, 3.8) is 0 Å². The van der Waals surface area contributed by atoms with E-state index in [0.29, 0.717) is 17.9 Å². The van der Waals surface area contributed by atoms with Crippen molar-refractivity contribution in [1.29, 1.82) is 0 Å². The van der Waals surface area contributed by atoms with Gasteiger partial charge in [0.15, 0.2) is 0 Å². The van der Waals surface area contributed by atoms with E-state index < -0.39 is 17.9 Å². The number of nitrogens with one attached hydrogen (secondary N) is 2. The van der Waals surface area contributed by atoms with Gasteiger partial charge < -0.3 is 15.7 Å². The van der Waals surface area contributed by atoms with Gasteiger partial charge in [-0.15, -0.1) is 0 Å². The molecule has 0 aliphatic rings. The second-order valence-corrected chi connectivity index (χ2v) is 8.17. The van der Waals surface area contributed by atoms with E-state index in [2.05, 4.69) is 24.5 Å². The molecule has 1 atom stereocenters. The highest BCUT2D eigenvalue weighted by atomic mass is 16.4. The standard InChI is InChI=1S/C24H30N2O4/c1-15(2)5-14-21(27)25-20-12-10-18(11-13-20)17-6-8-19(9-7-17)23(28)26-22(16(3)4)24(29)30/h6-13,15-16,22H,5,14H2,1-4H3,(H,25,27)(H,26,28)(H,29,30)/t22-/m0/s1. The molecule has 2 aromatic carbocycles. The lowest BCUT2D eigenvalue weighted by Gasteiger charge is -2.18. The third-order valence-corrected chi connectivity index (χ3v) is 4.82. The van der Waals surface area contributed by atoms with E-state index in [9.17, 15) is 19.5 Å². The maximum atomic E-state index is 12.3. The first-order valence-electron chi connectivity index (χ1n) is 10.2. The number of anilines is 1. The van der Waals surface area contributed by atoms with Crippen LogP contribution in [0.5, 0.6) is 0 Å². The number of carbonyl (C=O) groups is 3. The van der Waals surface area contributed by atoms with Gasteiger partial charge in [-0.25, -0.2) is 4.79 Å². The number of rotatable bonds is 9. The molecule has 6 nitrogen and oxygen atoms in total. The maximum Gasteiger partial charge on any atom is 0.326 e. The number of hydrogen-bond donors (Lipinski definition) is 3. The van der Waals surface area contributed by atoms with Crippen molar-refractivity contribution in [2.45, 2.75) is 46.6 Å². The number of carboxylic acids is 1. The van der Waals surface area contributed by atoms with Crippen LogP contribution in [0.3, 0.4) is 0 Å². The Morgan fingerprint density at radius 2 is 1.40 bits per heavy atom. The third kappa shape index (κ3) is 6.72. The Morgan fingerprint density at radius 3 is 1.87 bits per heavy atom. The fourth-order valence-corrected chi connectivity index (χ4v) is 2.94. The van der Waals surface area contributed by atoms with Gasteiger partial charge in [-0.3, -0.25) is 9.59 Å². The molecule has 160 valence electrons. The Hall–Kier alpha value is -3.15. The molecule has 0 bridgehead atoms. The number of benzene rings is 2. The van der Waals surface area contributed by atoms with Gasteiger partial charge in [-0.2, -0.15) is 0 Å². The summed E-state index contributed by atoms with van der Waals surface area (Å²) in [5, 5.41) is 14.7. The zero-order valence-corrected chi connectivity index (χ0v) is 17.9. The zero-order chi connectivity index (χ0) is 22.3. The quantitative estimate of drug-likeness (QED) is 0.564. The van der Waals surface area contributed by atoms with Gasteiger partial charge in [-0.1, -0.05) is 52.0 Å². The first-order valence-corrected chi connectivity index (χ1v) is 10.2. The molecule has 0 heterocycles. The largest absolute Gasteiger partial charge is 0.480 e. The van der Waals surface area contributed by atoms with Crippen molar-refractivity contribution in [2.75, 3.05) is 5.32 Å². The normalized spacial score (nSPS) is 11.9. The number of amides is 2. The fourth-order valence-electron chi connectivity index (χ4n) is 2.94. The Balaban J connectivity index is 2.01. The van der Waals surface area contributed by atoms with Crippen molar-refractivity contribution >= 4 is 23.5 Å². The van der Waals surface area contributed by atoms with Gasteiger partial charge in [0.05, 0.1) is 0 Å². The molecule has 30 heavy (non-hydrogen) atoms. The summed E-state index contributed by atoms with van der Waals surface area (Å²) >= 11 is 0. The molecular formula is C24H30N2O4. The number of hydrogen-bond acceptors (Lipinski definition) is 3. The van der Waals surface area contributed by atoms with Crippen molar-refractivity contribution in [2.24, 2.45) is 11.8 Å². The molecule has 2 aromatic rings. The van der Waals surface area contributed by atoms with E-state index in [0.717, 1.165) is 23.2 Å². The molecule has 0 unspecified atom stereocenters. The average molecular weight is 411 g/mol. The number of aliphatic carboxylic acids is 1. The Kier molecular flexibility index (Phi) is 8.16. The van der Waals surface area contributed by atoms with Crippen molar-refractivity contribution < 1.29 is 19.5 Å². The monoisotopic (exact) mass is 410 g/mol. The summed E-state index contributed by atoms with van der Waals surface area (Å²) in [6, 6.07) is 13.6. The topological polar surface area (TPSA) is 95.5 Å². The summed E-state index contributed by atoms with van der Waals surface area (Å²) in [5.74, 6) is -1.18. The van der Waals surface area contributed by atoms with Gasteiger partial charge in [0, 0.05) is 17.7 Å². The summed E-state index contributed by atoms with van der Waals surface area (Å²) in [5.41, 5.74) is 3.02. The summed E-state index contributed by atoms with van der Waals surface area (Å²) < 4.78 is 0. The predicted octanol–water partition coefficient (Wildman–Crippen LogP) is 4.57. The lowest BCUT2D eigenvalue weighted by Crippen LogP contribution is -2.44. The van der Waals surface area contributed by atoms with Crippen LogP contribution in [0.15, 0.2) is 48.5 Å². The van der Waals surface area contributed by atoms with Gasteiger partial charge in [0.1, 0.15) is 6.04 Å². The minimum Gasteiger partial charge on any atom is -0.480 e. The van der Waals surface area contributed by atoms with E-state index in [1.165, 1.54) is 0 Å². The molecular weight excluding hydrogens is 380 g/mol. The lowest BCUT2D eigenvalue weighted by atomic mass is 10.0. The molecule has 0 spiro atoms. The number of carboxylic acid groups (broad SMARTS) is 1. The van der Waals surface area contributed by atoms with Crippen LogP contribution in [0.4, 0.5) is 5.69 Å². The van der Waals surface area contributed by atoms with Crippen LogP contribution in [0, 0.1) is 11.8 Å². The maximum absolute atomic E-state index is 12.3. The highest BCUT2D eigenvalue weighted by molar-refractivity contribution is 5.97. The summed E-state index contributed by atoms with van der Waals surface area (Å²) in [6.45, 7) is 7.68. The van der Waals surface area contributed by atoms with Crippen LogP contribution in [0.2, 0.25) is 0 Å². The first kappa shape index (κ1) is 23.1.